The molecular formula is C12H21ClSi. The second-order valence-corrected chi connectivity index (χ2v) is 13.2. The quantitative estimate of drug-likeness (QED) is 0.465. The van der Waals surface area contributed by atoms with Crippen molar-refractivity contribution in [1.82, 2.24) is 0 Å². The zero-order valence-electron chi connectivity index (χ0n) is 9.30. The first kappa shape index (κ1) is 9.71. The predicted octanol–water partition coefficient (Wildman–Crippen LogP) is 4.26. The highest BCUT2D eigenvalue weighted by Gasteiger charge is 2.53. The van der Waals surface area contributed by atoms with Gasteiger partial charge in [-0.25, -0.2) is 0 Å². The van der Waals surface area contributed by atoms with Crippen molar-refractivity contribution in [1.29, 1.82) is 0 Å². The van der Waals surface area contributed by atoms with Crippen molar-refractivity contribution in [2.45, 2.75) is 50.7 Å². The minimum atomic E-state index is -1.39. The number of hydrogen-bond acceptors (Lipinski definition) is 0. The van der Waals surface area contributed by atoms with Crippen LogP contribution in [0.3, 0.4) is 0 Å². The van der Waals surface area contributed by atoms with Crippen LogP contribution in [0.1, 0.15) is 32.1 Å². The monoisotopic (exact) mass is 228 g/mol. The molecule has 2 heteroatoms. The Morgan fingerprint density at radius 3 is 1.64 bits per heavy atom. The maximum absolute atomic E-state index is 6.72. The Bertz CT molecular complexity index is 215. The molecule has 0 aromatic rings. The van der Waals surface area contributed by atoms with Crippen LogP contribution >= 0.6 is 11.1 Å². The van der Waals surface area contributed by atoms with Gasteiger partial charge in [0.15, 0.2) is 7.38 Å². The van der Waals surface area contributed by atoms with Crippen LogP contribution in [0.4, 0.5) is 0 Å². The summed E-state index contributed by atoms with van der Waals surface area (Å²) in [7, 11) is -1.39. The summed E-state index contributed by atoms with van der Waals surface area (Å²) < 4.78 is 0. The Labute approximate surface area is 93.1 Å². The van der Waals surface area contributed by atoms with Crippen LogP contribution in [0.15, 0.2) is 0 Å². The van der Waals surface area contributed by atoms with Crippen molar-refractivity contribution < 1.29 is 0 Å². The van der Waals surface area contributed by atoms with Crippen LogP contribution in [0.5, 0.6) is 0 Å². The van der Waals surface area contributed by atoms with Gasteiger partial charge in [0.2, 0.25) is 0 Å². The average Bonchev–Trinajstić information content (AvgIpc) is 1.97. The SMILES string of the molecule is C[Si](C)(Cl)C1C2CC3CC(C2)CC1C3. The van der Waals surface area contributed by atoms with Gasteiger partial charge in [0.05, 0.1) is 0 Å². The molecule has 4 saturated carbocycles. The van der Waals surface area contributed by atoms with E-state index in [1.807, 2.05) is 0 Å². The van der Waals surface area contributed by atoms with Gasteiger partial charge in [0, 0.05) is 0 Å². The van der Waals surface area contributed by atoms with E-state index in [9.17, 15) is 0 Å². The minimum absolute atomic E-state index is 0.956. The third-order valence-corrected chi connectivity index (χ3v) is 8.30. The van der Waals surface area contributed by atoms with E-state index >= 15 is 0 Å². The Morgan fingerprint density at radius 2 is 1.29 bits per heavy atom. The normalized spacial score (nSPS) is 51.2. The molecule has 0 aliphatic heterocycles. The Balaban J connectivity index is 1.88. The van der Waals surface area contributed by atoms with E-state index < -0.39 is 7.38 Å². The van der Waals surface area contributed by atoms with Gasteiger partial charge in [-0.2, -0.15) is 11.1 Å². The summed E-state index contributed by atoms with van der Waals surface area (Å²) in [5.41, 5.74) is 0.956. The van der Waals surface area contributed by atoms with Gasteiger partial charge < -0.3 is 0 Å². The zero-order valence-corrected chi connectivity index (χ0v) is 11.1. The van der Waals surface area contributed by atoms with Gasteiger partial charge in [-0.3, -0.25) is 0 Å². The summed E-state index contributed by atoms with van der Waals surface area (Å²) >= 11 is 6.72. The lowest BCUT2D eigenvalue weighted by molar-refractivity contribution is 0.0184. The van der Waals surface area contributed by atoms with E-state index in [-0.39, 0.29) is 0 Å². The molecule has 0 atom stereocenters. The van der Waals surface area contributed by atoms with Crippen molar-refractivity contribution in [3.8, 4) is 0 Å². The summed E-state index contributed by atoms with van der Waals surface area (Å²) in [6, 6.07) is 0. The molecule has 80 valence electrons. The van der Waals surface area contributed by atoms with E-state index in [1.165, 1.54) is 25.7 Å². The molecule has 0 N–H and O–H groups in total. The topological polar surface area (TPSA) is 0 Å². The van der Waals surface area contributed by atoms with Crippen LogP contribution < -0.4 is 0 Å². The van der Waals surface area contributed by atoms with E-state index in [4.69, 9.17) is 11.1 Å². The number of hydrogen-bond donors (Lipinski definition) is 0. The first-order chi connectivity index (χ1) is 6.54. The second-order valence-electron chi connectivity index (χ2n) is 6.52. The lowest BCUT2D eigenvalue weighted by Gasteiger charge is -2.57. The first-order valence-corrected chi connectivity index (χ1v) is 10.3. The first-order valence-electron chi connectivity index (χ1n) is 6.23. The molecule has 0 unspecified atom stereocenters. The fourth-order valence-electron chi connectivity index (χ4n) is 5.05. The van der Waals surface area contributed by atoms with E-state index in [0.29, 0.717) is 0 Å². The maximum atomic E-state index is 6.72. The molecule has 0 aromatic carbocycles. The van der Waals surface area contributed by atoms with E-state index in [0.717, 1.165) is 29.2 Å². The Hall–Kier alpha value is 0.507. The molecule has 0 radical (unpaired) electrons. The van der Waals surface area contributed by atoms with Crippen molar-refractivity contribution in [2.24, 2.45) is 23.7 Å². The van der Waals surface area contributed by atoms with Gasteiger partial charge in [-0.15, -0.1) is 0 Å². The highest BCUT2D eigenvalue weighted by Crippen LogP contribution is 2.62. The summed E-state index contributed by atoms with van der Waals surface area (Å²) in [6.45, 7) is 4.75. The smallest absolute Gasteiger partial charge is 0.154 e. The highest BCUT2D eigenvalue weighted by atomic mass is 35.6. The van der Waals surface area contributed by atoms with Gasteiger partial charge >= 0.3 is 0 Å². The van der Waals surface area contributed by atoms with Crippen LogP contribution in [0, 0.1) is 23.7 Å². The molecule has 0 aromatic heterocycles. The number of rotatable bonds is 1. The molecule has 4 bridgehead atoms. The molecule has 0 amide bonds. The molecule has 14 heavy (non-hydrogen) atoms. The molecule has 4 rings (SSSR count). The maximum Gasteiger partial charge on any atom is 0.154 e. The molecule has 0 nitrogen and oxygen atoms in total. The Kier molecular flexibility index (Phi) is 2.09. The lowest BCUT2D eigenvalue weighted by atomic mass is 9.56. The van der Waals surface area contributed by atoms with E-state index in [2.05, 4.69) is 13.1 Å². The molecule has 0 spiro atoms. The summed E-state index contributed by atoms with van der Waals surface area (Å²) in [5, 5.41) is 0. The standard InChI is InChI=1S/C12H21ClSi/c1-14(2,13)12-10-4-8-3-9(6-10)7-11(12)5-8/h8-12H,3-7H2,1-2H3. The van der Waals surface area contributed by atoms with Crippen molar-refractivity contribution in [3.63, 3.8) is 0 Å². The van der Waals surface area contributed by atoms with Crippen molar-refractivity contribution in [3.05, 3.63) is 0 Å². The summed E-state index contributed by atoms with van der Waals surface area (Å²) in [6.07, 6.45) is 7.67. The summed E-state index contributed by atoms with van der Waals surface area (Å²) in [4.78, 5) is 0. The second kappa shape index (κ2) is 3.01. The van der Waals surface area contributed by atoms with Crippen molar-refractivity contribution in [2.75, 3.05) is 0 Å². The lowest BCUT2D eigenvalue weighted by Crippen LogP contribution is -2.49. The minimum Gasteiger partial charge on any atom is -0.167 e. The van der Waals surface area contributed by atoms with Gasteiger partial charge in [0.25, 0.3) is 0 Å². The number of halogens is 1. The molecule has 4 aliphatic carbocycles. The predicted molar refractivity (Wildman–Crippen MR) is 64.1 cm³/mol. The fraction of sp³-hybridized carbons (Fsp3) is 1.00. The zero-order chi connectivity index (χ0) is 9.92. The average molecular weight is 229 g/mol. The van der Waals surface area contributed by atoms with Crippen LogP contribution in [-0.2, 0) is 0 Å². The molecule has 4 aliphatic rings. The van der Waals surface area contributed by atoms with Gasteiger partial charge in [0.1, 0.15) is 0 Å². The largest absolute Gasteiger partial charge is 0.167 e. The molecule has 4 fully saturated rings. The Morgan fingerprint density at radius 1 is 0.857 bits per heavy atom. The van der Waals surface area contributed by atoms with Gasteiger partial charge in [-0.1, -0.05) is 13.1 Å². The van der Waals surface area contributed by atoms with Crippen LogP contribution in [-0.4, -0.2) is 7.38 Å². The third kappa shape index (κ3) is 1.39. The highest BCUT2D eigenvalue weighted by molar-refractivity contribution is 7.19. The van der Waals surface area contributed by atoms with Crippen LogP contribution in [0.25, 0.3) is 0 Å². The van der Waals surface area contributed by atoms with Gasteiger partial charge in [-0.05, 0) is 61.3 Å². The van der Waals surface area contributed by atoms with E-state index in [1.54, 1.807) is 6.42 Å². The molecule has 0 heterocycles. The van der Waals surface area contributed by atoms with Crippen LogP contribution in [0.2, 0.25) is 18.6 Å². The van der Waals surface area contributed by atoms with Crippen molar-refractivity contribution >= 4 is 18.5 Å². The molecule has 0 saturated heterocycles. The third-order valence-electron chi connectivity index (χ3n) is 5.02. The molecular weight excluding hydrogens is 208 g/mol. The fourth-order valence-corrected chi connectivity index (χ4v) is 8.90. The summed E-state index contributed by atoms with van der Waals surface area (Å²) in [5.74, 6) is 4.26.